The van der Waals surface area contributed by atoms with E-state index in [2.05, 4.69) is 10.6 Å². The Hall–Kier alpha value is -2.04. The van der Waals surface area contributed by atoms with Gasteiger partial charge in [0.05, 0.1) is 21.8 Å². The summed E-state index contributed by atoms with van der Waals surface area (Å²) in [6.07, 6.45) is 0. The molecule has 0 aliphatic rings. The number of benzene rings is 2. The number of carbonyl (C=O) groups is 2. The first-order valence-corrected chi connectivity index (χ1v) is 7.80. The van der Waals surface area contributed by atoms with Gasteiger partial charge in [0.2, 0.25) is 0 Å². The van der Waals surface area contributed by atoms with Crippen LogP contribution in [0.5, 0.6) is 0 Å². The first-order chi connectivity index (χ1) is 10.9. The van der Waals surface area contributed by atoms with Crippen LogP contribution >= 0.6 is 23.2 Å². The molecule has 6 heteroatoms. The van der Waals surface area contributed by atoms with Gasteiger partial charge in [0.25, 0.3) is 11.8 Å². The molecule has 2 aromatic carbocycles. The molecule has 0 aliphatic carbocycles. The van der Waals surface area contributed by atoms with Crippen molar-refractivity contribution in [2.24, 2.45) is 0 Å². The zero-order valence-electron chi connectivity index (χ0n) is 12.7. The van der Waals surface area contributed by atoms with Crippen molar-refractivity contribution < 1.29 is 9.59 Å². The molecule has 0 aromatic heterocycles. The fraction of sp³-hybridized carbons (Fsp3) is 0.176. The molecule has 0 aliphatic heterocycles. The van der Waals surface area contributed by atoms with Gasteiger partial charge in [-0.3, -0.25) is 9.59 Å². The van der Waals surface area contributed by atoms with Gasteiger partial charge in [0, 0.05) is 11.1 Å². The number of hydrogen-bond acceptors (Lipinski definition) is 2. The van der Waals surface area contributed by atoms with Crippen molar-refractivity contribution in [1.82, 2.24) is 5.32 Å². The van der Waals surface area contributed by atoms with Crippen LogP contribution in [0.3, 0.4) is 0 Å². The topological polar surface area (TPSA) is 58.2 Å². The lowest BCUT2D eigenvalue weighted by Gasteiger charge is -2.13. The van der Waals surface area contributed by atoms with Crippen LogP contribution in [-0.2, 0) is 0 Å². The molecule has 2 aromatic rings. The van der Waals surface area contributed by atoms with Crippen LogP contribution in [0.1, 0.15) is 34.6 Å². The number of hydrogen-bond donors (Lipinski definition) is 2. The van der Waals surface area contributed by atoms with E-state index in [4.69, 9.17) is 23.2 Å². The van der Waals surface area contributed by atoms with Crippen LogP contribution in [0.15, 0.2) is 42.5 Å². The van der Waals surface area contributed by atoms with Crippen LogP contribution < -0.4 is 10.6 Å². The van der Waals surface area contributed by atoms with E-state index < -0.39 is 5.91 Å². The summed E-state index contributed by atoms with van der Waals surface area (Å²) in [6.45, 7) is 3.73. The number of amides is 2. The Kier molecular flexibility index (Phi) is 5.64. The molecular formula is C17H16Cl2N2O2. The third kappa shape index (κ3) is 4.47. The number of rotatable bonds is 4. The average Bonchev–Trinajstić information content (AvgIpc) is 2.49. The third-order valence-electron chi connectivity index (χ3n) is 3.01. The highest BCUT2D eigenvalue weighted by Gasteiger charge is 2.16. The van der Waals surface area contributed by atoms with Gasteiger partial charge in [-0.15, -0.1) is 0 Å². The summed E-state index contributed by atoms with van der Waals surface area (Å²) in [6, 6.07) is 11.4. The molecule has 2 amide bonds. The Labute approximate surface area is 144 Å². The van der Waals surface area contributed by atoms with Crippen molar-refractivity contribution in [2.45, 2.75) is 19.9 Å². The van der Waals surface area contributed by atoms with E-state index in [1.165, 1.54) is 6.07 Å². The summed E-state index contributed by atoms with van der Waals surface area (Å²) in [5.41, 5.74) is 1.04. The largest absolute Gasteiger partial charge is 0.350 e. The molecule has 0 saturated carbocycles. The average molecular weight is 351 g/mol. The SMILES string of the molecule is CC(C)NC(=O)c1ccccc1NC(=O)c1cc(Cl)ccc1Cl. The highest BCUT2D eigenvalue weighted by molar-refractivity contribution is 6.36. The van der Waals surface area contributed by atoms with Crippen LogP contribution in [0.4, 0.5) is 5.69 Å². The van der Waals surface area contributed by atoms with Gasteiger partial charge < -0.3 is 10.6 Å². The van der Waals surface area contributed by atoms with E-state index in [1.807, 2.05) is 13.8 Å². The molecule has 0 radical (unpaired) electrons. The summed E-state index contributed by atoms with van der Waals surface area (Å²) in [5.74, 6) is -0.685. The maximum atomic E-state index is 12.4. The molecule has 0 spiro atoms. The molecule has 0 unspecified atom stereocenters. The molecule has 0 saturated heterocycles. The molecule has 0 heterocycles. The van der Waals surface area contributed by atoms with Gasteiger partial charge in [-0.05, 0) is 44.2 Å². The molecule has 120 valence electrons. The van der Waals surface area contributed by atoms with Crippen molar-refractivity contribution in [1.29, 1.82) is 0 Å². The Morgan fingerprint density at radius 3 is 2.35 bits per heavy atom. The van der Waals surface area contributed by atoms with E-state index in [1.54, 1.807) is 36.4 Å². The number of nitrogens with one attached hydrogen (secondary N) is 2. The van der Waals surface area contributed by atoms with Crippen molar-refractivity contribution in [3.8, 4) is 0 Å². The predicted molar refractivity (Wildman–Crippen MR) is 93.5 cm³/mol. The van der Waals surface area contributed by atoms with E-state index in [0.717, 1.165) is 0 Å². The standard InChI is InChI=1S/C17H16Cl2N2O2/c1-10(2)20-16(22)12-5-3-4-6-15(12)21-17(23)13-9-11(18)7-8-14(13)19/h3-10H,1-2H3,(H,20,22)(H,21,23). The third-order valence-corrected chi connectivity index (χ3v) is 3.58. The number of halogens is 2. The van der Waals surface area contributed by atoms with Gasteiger partial charge in [-0.2, -0.15) is 0 Å². The molecule has 23 heavy (non-hydrogen) atoms. The van der Waals surface area contributed by atoms with Crippen molar-refractivity contribution in [2.75, 3.05) is 5.32 Å². The minimum Gasteiger partial charge on any atom is -0.350 e. The highest BCUT2D eigenvalue weighted by atomic mass is 35.5. The second kappa shape index (κ2) is 7.49. The Morgan fingerprint density at radius 2 is 1.65 bits per heavy atom. The summed E-state index contributed by atoms with van der Waals surface area (Å²) in [4.78, 5) is 24.6. The van der Waals surface area contributed by atoms with Gasteiger partial charge in [0.1, 0.15) is 0 Å². The molecule has 0 atom stereocenters. The smallest absolute Gasteiger partial charge is 0.257 e. The Bertz CT molecular complexity index is 745. The van der Waals surface area contributed by atoms with Crippen molar-refractivity contribution >= 4 is 40.7 Å². The second-order valence-electron chi connectivity index (χ2n) is 5.25. The fourth-order valence-corrected chi connectivity index (χ4v) is 2.37. The van der Waals surface area contributed by atoms with Crippen molar-refractivity contribution in [3.05, 3.63) is 63.6 Å². The summed E-state index contributed by atoms with van der Waals surface area (Å²) in [5, 5.41) is 6.20. The van der Waals surface area contributed by atoms with Gasteiger partial charge in [-0.1, -0.05) is 35.3 Å². The van der Waals surface area contributed by atoms with Gasteiger partial charge >= 0.3 is 0 Å². The van der Waals surface area contributed by atoms with Gasteiger partial charge in [-0.25, -0.2) is 0 Å². The molecular weight excluding hydrogens is 335 g/mol. The summed E-state index contributed by atoms with van der Waals surface area (Å²) < 4.78 is 0. The van der Waals surface area contributed by atoms with Crippen LogP contribution in [0.2, 0.25) is 10.0 Å². The first kappa shape index (κ1) is 17.3. The zero-order chi connectivity index (χ0) is 17.0. The predicted octanol–water partition coefficient (Wildman–Crippen LogP) is 4.38. The molecule has 4 nitrogen and oxygen atoms in total. The van der Waals surface area contributed by atoms with E-state index in [0.29, 0.717) is 16.3 Å². The summed E-state index contributed by atoms with van der Waals surface area (Å²) in [7, 11) is 0. The number of para-hydroxylation sites is 1. The second-order valence-corrected chi connectivity index (χ2v) is 6.10. The number of carbonyl (C=O) groups excluding carboxylic acids is 2. The van der Waals surface area contributed by atoms with Gasteiger partial charge in [0.15, 0.2) is 0 Å². The molecule has 2 N–H and O–H groups in total. The lowest BCUT2D eigenvalue weighted by Crippen LogP contribution is -2.31. The Morgan fingerprint density at radius 1 is 0.957 bits per heavy atom. The monoisotopic (exact) mass is 350 g/mol. The van der Waals surface area contributed by atoms with E-state index in [-0.39, 0.29) is 22.5 Å². The molecule has 2 rings (SSSR count). The molecule has 0 fully saturated rings. The fourth-order valence-electron chi connectivity index (χ4n) is 1.99. The Balaban J connectivity index is 2.28. The minimum atomic E-state index is -0.428. The van der Waals surface area contributed by atoms with E-state index in [9.17, 15) is 9.59 Å². The quantitative estimate of drug-likeness (QED) is 0.859. The highest BCUT2D eigenvalue weighted by Crippen LogP contribution is 2.23. The maximum absolute atomic E-state index is 12.4. The van der Waals surface area contributed by atoms with Crippen LogP contribution in [-0.4, -0.2) is 17.9 Å². The van der Waals surface area contributed by atoms with Crippen molar-refractivity contribution in [3.63, 3.8) is 0 Å². The summed E-state index contributed by atoms with van der Waals surface area (Å²) >= 11 is 11.9. The van der Waals surface area contributed by atoms with E-state index >= 15 is 0 Å². The zero-order valence-corrected chi connectivity index (χ0v) is 14.2. The minimum absolute atomic E-state index is 0.00590. The number of anilines is 1. The lowest BCUT2D eigenvalue weighted by molar-refractivity contribution is 0.0944. The van der Waals surface area contributed by atoms with Crippen LogP contribution in [0.25, 0.3) is 0 Å². The maximum Gasteiger partial charge on any atom is 0.257 e. The van der Waals surface area contributed by atoms with Crippen LogP contribution in [0, 0.1) is 0 Å². The molecule has 0 bridgehead atoms. The first-order valence-electron chi connectivity index (χ1n) is 7.04. The lowest BCUT2D eigenvalue weighted by atomic mass is 10.1. The normalized spacial score (nSPS) is 10.5.